The van der Waals surface area contributed by atoms with Crippen LogP contribution in [0.4, 0.5) is 0 Å². The zero-order chi connectivity index (χ0) is 17.3. The number of nitrogens with zero attached hydrogens (tertiary/aromatic N) is 1. The van der Waals surface area contributed by atoms with Gasteiger partial charge in [0.2, 0.25) is 5.91 Å². The van der Waals surface area contributed by atoms with Crippen molar-refractivity contribution < 1.29 is 9.21 Å². The molecule has 124 valence electrons. The summed E-state index contributed by atoms with van der Waals surface area (Å²) in [4.78, 5) is 24.2. The molecule has 1 heterocycles. The summed E-state index contributed by atoms with van der Waals surface area (Å²) in [5.41, 5.74) is 1.80. The van der Waals surface area contributed by atoms with E-state index >= 15 is 0 Å². The average molecular weight is 365 g/mol. The van der Waals surface area contributed by atoms with Crippen LogP contribution in [-0.2, 0) is 11.3 Å². The normalized spacial score (nSPS) is 12.3. The van der Waals surface area contributed by atoms with Gasteiger partial charge in [0.05, 0.1) is 11.6 Å². The Morgan fingerprint density at radius 3 is 2.54 bits per heavy atom. The van der Waals surface area contributed by atoms with Crippen molar-refractivity contribution in [3.63, 3.8) is 0 Å². The van der Waals surface area contributed by atoms with E-state index < -0.39 is 5.76 Å². The fourth-order valence-corrected chi connectivity index (χ4v) is 2.74. The predicted octanol–water partition coefficient (Wildman–Crippen LogP) is 3.78. The molecule has 1 amide bonds. The van der Waals surface area contributed by atoms with Crippen molar-refractivity contribution in [3.05, 3.63) is 68.6 Å². The van der Waals surface area contributed by atoms with Crippen molar-refractivity contribution in [2.45, 2.75) is 19.5 Å². The zero-order valence-electron chi connectivity index (χ0n) is 12.8. The van der Waals surface area contributed by atoms with E-state index in [0.717, 1.165) is 5.56 Å². The summed E-state index contributed by atoms with van der Waals surface area (Å²) in [5.74, 6) is -0.890. The molecule has 1 N–H and O–H groups in total. The number of amides is 1. The minimum atomic E-state index is -0.596. The van der Waals surface area contributed by atoms with Gasteiger partial charge in [-0.3, -0.25) is 9.36 Å². The van der Waals surface area contributed by atoms with E-state index in [-0.39, 0.29) is 18.5 Å². The maximum Gasteiger partial charge on any atom is 0.420 e. The largest absolute Gasteiger partial charge is 0.420 e. The Hall–Kier alpha value is -2.24. The number of halogens is 2. The quantitative estimate of drug-likeness (QED) is 0.765. The zero-order valence-corrected chi connectivity index (χ0v) is 14.3. The molecule has 0 saturated heterocycles. The van der Waals surface area contributed by atoms with Gasteiger partial charge in [-0.1, -0.05) is 35.3 Å². The Labute approximate surface area is 147 Å². The SMILES string of the molecule is C[C@@H](NC(=O)Cn1c(=O)oc2cc(Cl)ccc21)c1ccc(Cl)cc1. The lowest BCUT2D eigenvalue weighted by Gasteiger charge is -2.14. The lowest BCUT2D eigenvalue weighted by molar-refractivity contribution is -0.122. The molecule has 1 atom stereocenters. The van der Waals surface area contributed by atoms with Crippen LogP contribution in [0.1, 0.15) is 18.5 Å². The Morgan fingerprint density at radius 1 is 1.17 bits per heavy atom. The van der Waals surface area contributed by atoms with E-state index in [9.17, 15) is 9.59 Å². The first kappa shape index (κ1) is 16.6. The second-order valence-electron chi connectivity index (χ2n) is 5.41. The summed E-state index contributed by atoms with van der Waals surface area (Å²) in [5, 5.41) is 3.94. The molecule has 0 unspecified atom stereocenters. The van der Waals surface area contributed by atoms with E-state index in [4.69, 9.17) is 27.6 Å². The van der Waals surface area contributed by atoms with Gasteiger partial charge in [0.15, 0.2) is 5.58 Å². The van der Waals surface area contributed by atoms with E-state index in [1.54, 1.807) is 30.3 Å². The van der Waals surface area contributed by atoms with Gasteiger partial charge < -0.3 is 9.73 Å². The first-order chi connectivity index (χ1) is 11.4. The molecule has 2 aromatic carbocycles. The molecule has 0 aliphatic rings. The highest BCUT2D eigenvalue weighted by atomic mass is 35.5. The van der Waals surface area contributed by atoms with Crippen LogP contribution in [-0.4, -0.2) is 10.5 Å². The van der Waals surface area contributed by atoms with Gasteiger partial charge in [0, 0.05) is 16.1 Å². The molecule has 0 bridgehead atoms. The van der Waals surface area contributed by atoms with Gasteiger partial charge >= 0.3 is 5.76 Å². The number of oxazole rings is 1. The van der Waals surface area contributed by atoms with E-state index in [1.165, 1.54) is 4.57 Å². The van der Waals surface area contributed by atoms with E-state index in [2.05, 4.69) is 5.32 Å². The second kappa shape index (κ2) is 6.71. The molecule has 1 aromatic heterocycles. The van der Waals surface area contributed by atoms with Gasteiger partial charge in [-0.05, 0) is 36.8 Å². The minimum absolute atomic E-state index is 0.134. The number of hydrogen-bond donors (Lipinski definition) is 1. The van der Waals surface area contributed by atoms with Crippen molar-refractivity contribution in [3.8, 4) is 0 Å². The fraction of sp³-hybridized carbons (Fsp3) is 0.176. The van der Waals surface area contributed by atoms with Gasteiger partial charge in [0.25, 0.3) is 0 Å². The number of rotatable bonds is 4. The molecule has 0 fully saturated rings. The van der Waals surface area contributed by atoms with Crippen molar-refractivity contribution in [2.24, 2.45) is 0 Å². The van der Waals surface area contributed by atoms with Crippen LogP contribution < -0.4 is 11.1 Å². The molecule has 24 heavy (non-hydrogen) atoms. The summed E-state index contributed by atoms with van der Waals surface area (Å²) in [6, 6.07) is 11.8. The first-order valence-corrected chi connectivity index (χ1v) is 8.03. The number of hydrogen-bond acceptors (Lipinski definition) is 3. The summed E-state index contributed by atoms with van der Waals surface area (Å²) in [6.45, 7) is 1.72. The van der Waals surface area contributed by atoms with Gasteiger partial charge in [0.1, 0.15) is 6.54 Å². The monoisotopic (exact) mass is 364 g/mol. The molecular weight excluding hydrogens is 351 g/mol. The van der Waals surface area contributed by atoms with Crippen LogP contribution in [0.25, 0.3) is 11.1 Å². The standard InChI is InChI=1S/C17H14Cl2N2O3/c1-10(11-2-4-12(18)5-3-11)20-16(22)9-21-14-7-6-13(19)8-15(14)24-17(21)23/h2-8,10H,9H2,1H3,(H,20,22)/t10-/m1/s1. The maximum absolute atomic E-state index is 12.3. The minimum Gasteiger partial charge on any atom is -0.408 e. The van der Waals surface area contributed by atoms with Gasteiger partial charge in [-0.15, -0.1) is 0 Å². The highest BCUT2D eigenvalue weighted by molar-refractivity contribution is 6.31. The van der Waals surface area contributed by atoms with Crippen LogP contribution in [0.5, 0.6) is 0 Å². The summed E-state index contributed by atoms with van der Waals surface area (Å²) < 4.78 is 6.39. The van der Waals surface area contributed by atoms with E-state index in [0.29, 0.717) is 21.1 Å². The lowest BCUT2D eigenvalue weighted by atomic mass is 10.1. The molecule has 7 heteroatoms. The predicted molar refractivity (Wildman–Crippen MR) is 93.5 cm³/mol. The van der Waals surface area contributed by atoms with Crippen LogP contribution >= 0.6 is 23.2 Å². The summed E-state index contributed by atoms with van der Waals surface area (Å²) >= 11 is 11.7. The van der Waals surface area contributed by atoms with Crippen molar-refractivity contribution in [1.29, 1.82) is 0 Å². The van der Waals surface area contributed by atoms with Crippen LogP contribution in [0, 0.1) is 0 Å². The third-order valence-corrected chi connectivity index (χ3v) is 4.17. The Bertz CT molecular complexity index is 945. The third-order valence-electron chi connectivity index (χ3n) is 3.68. The highest BCUT2D eigenvalue weighted by Gasteiger charge is 2.15. The van der Waals surface area contributed by atoms with Crippen molar-refractivity contribution in [1.82, 2.24) is 9.88 Å². The molecular formula is C17H14Cl2N2O3. The molecule has 0 aliphatic carbocycles. The number of benzene rings is 2. The average Bonchev–Trinajstić information content (AvgIpc) is 2.82. The smallest absolute Gasteiger partial charge is 0.408 e. The molecule has 0 saturated carbocycles. The van der Waals surface area contributed by atoms with Crippen LogP contribution in [0.2, 0.25) is 10.0 Å². The molecule has 0 radical (unpaired) electrons. The number of carbonyl (C=O) groups is 1. The summed E-state index contributed by atoms with van der Waals surface area (Å²) in [7, 11) is 0. The van der Waals surface area contributed by atoms with Gasteiger partial charge in [-0.25, -0.2) is 4.79 Å². The van der Waals surface area contributed by atoms with Crippen LogP contribution in [0.15, 0.2) is 51.7 Å². The molecule has 5 nitrogen and oxygen atoms in total. The Kier molecular flexibility index (Phi) is 4.64. The number of fused-ring (bicyclic) bond motifs is 1. The number of nitrogens with one attached hydrogen (secondary N) is 1. The lowest BCUT2D eigenvalue weighted by Crippen LogP contribution is -2.32. The molecule has 0 aliphatic heterocycles. The Balaban J connectivity index is 1.76. The maximum atomic E-state index is 12.3. The van der Waals surface area contributed by atoms with E-state index in [1.807, 2.05) is 19.1 Å². The number of aromatic nitrogens is 1. The molecule has 3 aromatic rings. The second-order valence-corrected chi connectivity index (χ2v) is 6.28. The summed E-state index contributed by atoms with van der Waals surface area (Å²) in [6.07, 6.45) is 0. The van der Waals surface area contributed by atoms with Crippen molar-refractivity contribution >= 4 is 40.2 Å². The Morgan fingerprint density at radius 2 is 1.83 bits per heavy atom. The van der Waals surface area contributed by atoms with Crippen molar-refractivity contribution in [2.75, 3.05) is 0 Å². The third kappa shape index (κ3) is 3.47. The first-order valence-electron chi connectivity index (χ1n) is 7.28. The number of carbonyl (C=O) groups excluding carboxylic acids is 1. The topological polar surface area (TPSA) is 64.2 Å². The van der Waals surface area contributed by atoms with Crippen LogP contribution in [0.3, 0.4) is 0 Å². The molecule has 0 spiro atoms. The van der Waals surface area contributed by atoms with Gasteiger partial charge in [-0.2, -0.15) is 0 Å². The highest BCUT2D eigenvalue weighted by Crippen LogP contribution is 2.19. The molecule has 3 rings (SSSR count). The fourth-order valence-electron chi connectivity index (χ4n) is 2.46.